The number of amides is 1. The van der Waals surface area contributed by atoms with Gasteiger partial charge in [0.25, 0.3) is 5.91 Å². The molecule has 0 saturated heterocycles. The smallest absolute Gasteiger partial charge is 0.262 e. The summed E-state index contributed by atoms with van der Waals surface area (Å²) in [4.78, 5) is 15.8. The lowest BCUT2D eigenvalue weighted by atomic mass is 10.1. The maximum absolute atomic E-state index is 11.9. The molecule has 0 bridgehead atoms. The topological polar surface area (TPSA) is 51.2 Å². The molecular weight excluding hydrogens is 380 g/mol. The zero-order valence-electron chi connectivity index (χ0n) is 11.9. The van der Waals surface area contributed by atoms with Gasteiger partial charge in [0.15, 0.2) is 6.61 Å². The molecule has 0 unspecified atom stereocenters. The average Bonchev–Trinajstić information content (AvgIpc) is 2.55. The summed E-state index contributed by atoms with van der Waals surface area (Å²) in [5.74, 6) is 0.384. The fraction of sp³-hybridized carbons (Fsp3) is 0.0588. The number of hydrogen-bond acceptors (Lipinski definition) is 3. The van der Waals surface area contributed by atoms with Crippen molar-refractivity contribution in [3.8, 4) is 5.75 Å². The van der Waals surface area contributed by atoms with E-state index in [1.165, 1.54) is 6.20 Å². The van der Waals surface area contributed by atoms with E-state index in [-0.39, 0.29) is 12.5 Å². The van der Waals surface area contributed by atoms with Crippen molar-refractivity contribution >= 4 is 49.9 Å². The predicted octanol–water partition coefficient (Wildman–Crippen LogP) is 4.67. The lowest BCUT2D eigenvalue weighted by Crippen LogP contribution is -2.20. The molecule has 2 aromatic carbocycles. The van der Waals surface area contributed by atoms with Gasteiger partial charge in [0.2, 0.25) is 0 Å². The molecule has 3 aromatic rings. The number of nitrogens with one attached hydrogen (secondary N) is 1. The van der Waals surface area contributed by atoms with Crippen molar-refractivity contribution in [2.24, 2.45) is 0 Å². The minimum absolute atomic E-state index is 0.0787. The Bertz CT molecular complexity index is 853. The van der Waals surface area contributed by atoms with Gasteiger partial charge in [-0.3, -0.25) is 4.79 Å². The molecule has 0 aliphatic heterocycles. The minimum Gasteiger partial charge on any atom is -0.484 e. The third-order valence-corrected chi connectivity index (χ3v) is 3.87. The number of halogens is 2. The van der Waals surface area contributed by atoms with Gasteiger partial charge in [-0.25, -0.2) is 4.98 Å². The number of carbonyl (C=O) groups excluding carboxylic acids is 1. The molecule has 4 nitrogen and oxygen atoms in total. The van der Waals surface area contributed by atoms with E-state index in [0.717, 1.165) is 15.2 Å². The third kappa shape index (κ3) is 4.21. The summed E-state index contributed by atoms with van der Waals surface area (Å²) in [6, 6.07) is 15.0. The number of aromatic nitrogens is 1. The molecule has 0 aliphatic rings. The number of fused-ring (bicyclic) bond motifs is 1. The number of nitrogens with zero attached hydrogens (tertiary/aromatic N) is 1. The first-order chi connectivity index (χ1) is 11.1. The summed E-state index contributed by atoms with van der Waals surface area (Å²) >= 11 is 9.13. The first kappa shape index (κ1) is 15.8. The highest BCUT2D eigenvalue weighted by atomic mass is 79.9. The molecule has 1 aromatic heterocycles. The zero-order chi connectivity index (χ0) is 16.2. The van der Waals surface area contributed by atoms with Crippen molar-refractivity contribution < 1.29 is 9.53 Å². The van der Waals surface area contributed by atoms with E-state index in [9.17, 15) is 4.79 Å². The summed E-state index contributed by atoms with van der Waals surface area (Å²) < 4.78 is 6.55. The number of ether oxygens (including phenoxy) is 1. The van der Waals surface area contributed by atoms with Crippen LogP contribution < -0.4 is 10.1 Å². The van der Waals surface area contributed by atoms with Crippen molar-refractivity contribution in [2.45, 2.75) is 0 Å². The van der Waals surface area contributed by atoms with Gasteiger partial charge in [0, 0.05) is 4.47 Å². The lowest BCUT2D eigenvalue weighted by molar-refractivity contribution is -0.118. The highest BCUT2D eigenvalue weighted by molar-refractivity contribution is 9.10. The van der Waals surface area contributed by atoms with Gasteiger partial charge in [-0.1, -0.05) is 39.7 Å². The van der Waals surface area contributed by atoms with E-state index in [1.807, 2.05) is 36.4 Å². The summed E-state index contributed by atoms with van der Waals surface area (Å²) in [6.45, 7) is -0.0787. The largest absolute Gasteiger partial charge is 0.484 e. The molecule has 0 fully saturated rings. The molecule has 0 atom stereocenters. The molecule has 0 spiro atoms. The van der Waals surface area contributed by atoms with Crippen molar-refractivity contribution in [3.05, 3.63) is 64.4 Å². The van der Waals surface area contributed by atoms with Crippen LogP contribution in [0.2, 0.25) is 5.15 Å². The SMILES string of the molecule is O=C(COc1ccc2cc(Br)ccc2c1)Nc1ccc(Cl)nc1. The fourth-order valence-corrected chi connectivity index (χ4v) is 2.57. The molecule has 116 valence electrons. The van der Waals surface area contributed by atoms with Crippen molar-refractivity contribution in [1.29, 1.82) is 0 Å². The summed E-state index contributed by atoms with van der Waals surface area (Å²) in [5, 5.41) is 5.22. The van der Waals surface area contributed by atoms with E-state index >= 15 is 0 Å². The van der Waals surface area contributed by atoms with E-state index in [4.69, 9.17) is 16.3 Å². The standard InChI is InChI=1S/C17H12BrClN2O2/c18-13-3-1-12-8-15(5-2-11(12)7-13)23-10-17(22)21-14-4-6-16(19)20-9-14/h1-9H,10H2,(H,21,22). The molecule has 6 heteroatoms. The van der Waals surface area contributed by atoms with E-state index in [2.05, 4.69) is 26.2 Å². The number of rotatable bonds is 4. The molecule has 0 radical (unpaired) electrons. The molecule has 1 heterocycles. The molecule has 0 saturated carbocycles. The van der Waals surface area contributed by atoms with Gasteiger partial charge in [-0.15, -0.1) is 0 Å². The van der Waals surface area contributed by atoms with Gasteiger partial charge < -0.3 is 10.1 Å². The first-order valence-electron chi connectivity index (χ1n) is 6.84. The maximum atomic E-state index is 11.9. The van der Waals surface area contributed by atoms with E-state index in [0.29, 0.717) is 16.6 Å². The minimum atomic E-state index is -0.259. The van der Waals surface area contributed by atoms with Gasteiger partial charge >= 0.3 is 0 Å². The highest BCUT2D eigenvalue weighted by Crippen LogP contribution is 2.24. The van der Waals surface area contributed by atoms with Gasteiger partial charge in [-0.05, 0) is 47.2 Å². The second-order valence-electron chi connectivity index (χ2n) is 4.86. The summed E-state index contributed by atoms with van der Waals surface area (Å²) in [7, 11) is 0. The van der Waals surface area contributed by atoms with Crippen LogP contribution in [0.4, 0.5) is 5.69 Å². The molecule has 1 amide bonds. The van der Waals surface area contributed by atoms with E-state index < -0.39 is 0 Å². The van der Waals surface area contributed by atoms with Crippen LogP contribution in [-0.4, -0.2) is 17.5 Å². The van der Waals surface area contributed by atoms with Crippen LogP contribution in [0.3, 0.4) is 0 Å². The maximum Gasteiger partial charge on any atom is 0.262 e. The molecule has 23 heavy (non-hydrogen) atoms. The van der Waals surface area contributed by atoms with Crippen LogP contribution in [0.25, 0.3) is 10.8 Å². The van der Waals surface area contributed by atoms with Crippen LogP contribution in [0.5, 0.6) is 5.75 Å². The highest BCUT2D eigenvalue weighted by Gasteiger charge is 2.05. The van der Waals surface area contributed by atoms with Crippen molar-refractivity contribution in [3.63, 3.8) is 0 Å². The van der Waals surface area contributed by atoms with Crippen LogP contribution in [0.1, 0.15) is 0 Å². The average molecular weight is 392 g/mol. The Hall–Kier alpha value is -2.11. The lowest BCUT2D eigenvalue weighted by Gasteiger charge is -2.08. The van der Waals surface area contributed by atoms with Crippen LogP contribution >= 0.6 is 27.5 Å². The number of hydrogen-bond donors (Lipinski definition) is 1. The van der Waals surface area contributed by atoms with Gasteiger partial charge in [0.1, 0.15) is 10.9 Å². The predicted molar refractivity (Wildman–Crippen MR) is 95.0 cm³/mol. The molecule has 0 aliphatic carbocycles. The second kappa shape index (κ2) is 6.98. The number of pyridine rings is 1. The third-order valence-electron chi connectivity index (χ3n) is 3.15. The Morgan fingerprint density at radius 3 is 2.70 bits per heavy atom. The summed E-state index contributed by atoms with van der Waals surface area (Å²) in [5.41, 5.74) is 0.575. The quantitative estimate of drug-likeness (QED) is 0.658. The number of anilines is 1. The van der Waals surface area contributed by atoms with Crippen LogP contribution in [-0.2, 0) is 4.79 Å². The Balaban J connectivity index is 1.62. The Morgan fingerprint density at radius 2 is 1.91 bits per heavy atom. The van der Waals surface area contributed by atoms with Crippen molar-refractivity contribution in [1.82, 2.24) is 4.98 Å². The number of benzene rings is 2. The van der Waals surface area contributed by atoms with Crippen molar-refractivity contribution in [2.75, 3.05) is 11.9 Å². The normalized spacial score (nSPS) is 10.5. The fourth-order valence-electron chi connectivity index (χ4n) is 2.08. The Kier molecular flexibility index (Phi) is 4.79. The Labute approximate surface area is 146 Å². The number of carbonyl (C=O) groups is 1. The summed E-state index contributed by atoms with van der Waals surface area (Å²) in [6.07, 6.45) is 1.49. The van der Waals surface area contributed by atoms with Gasteiger partial charge in [0.05, 0.1) is 11.9 Å². The van der Waals surface area contributed by atoms with Gasteiger partial charge in [-0.2, -0.15) is 0 Å². The van der Waals surface area contributed by atoms with E-state index in [1.54, 1.807) is 12.1 Å². The first-order valence-corrected chi connectivity index (χ1v) is 8.01. The second-order valence-corrected chi connectivity index (χ2v) is 6.16. The molecular formula is C17H12BrClN2O2. The molecule has 1 N–H and O–H groups in total. The monoisotopic (exact) mass is 390 g/mol. The molecule has 3 rings (SSSR count). The van der Waals surface area contributed by atoms with Crippen LogP contribution in [0, 0.1) is 0 Å². The zero-order valence-corrected chi connectivity index (χ0v) is 14.3. The Morgan fingerprint density at radius 1 is 1.13 bits per heavy atom. The van der Waals surface area contributed by atoms with Crippen LogP contribution in [0.15, 0.2) is 59.2 Å².